The summed E-state index contributed by atoms with van der Waals surface area (Å²) in [5.41, 5.74) is 1.73. The van der Waals surface area contributed by atoms with Gasteiger partial charge in [0.1, 0.15) is 0 Å². The standard InChI is InChI=1S/C27H22BrN3O7S/c1-2-37-22-13-18(12-21(28)25(22)38-16-24(32)29-19-6-4-3-5-7-19)14-23-26(33)30(27(34)39-23)15-17-8-10-20(11-9-17)31(35)36/h3-14H,2,15-16H2,1H3,(H,29,32)/b23-14-. The number of nitrogens with zero attached hydrogens (tertiary/aromatic N) is 2. The molecule has 3 amide bonds. The minimum Gasteiger partial charge on any atom is -0.490 e. The second-order valence-electron chi connectivity index (χ2n) is 8.16. The molecule has 0 radical (unpaired) electrons. The molecule has 3 aromatic carbocycles. The number of thioether (sulfide) groups is 1. The SMILES string of the molecule is CCOc1cc(/C=C2\SC(=O)N(Cc3ccc([N+](=O)[O-])cc3)C2=O)cc(Br)c1OCC(=O)Nc1ccccc1. The van der Waals surface area contributed by atoms with E-state index in [2.05, 4.69) is 21.2 Å². The second kappa shape index (κ2) is 12.6. The van der Waals surface area contributed by atoms with Crippen molar-refractivity contribution in [2.45, 2.75) is 13.5 Å². The van der Waals surface area contributed by atoms with E-state index in [-0.39, 0.29) is 29.7 Å². The first-order valence-corrected chi connectivity index (χ1v) is 13.3. The number of nitro groups is 1. The molecule has 10 nitrogen and oxygen atoms in total. The van der Waals surface area contributed by atoms with Crippen molar-refractivity contribution in [2.75, 3.05) is 18.5 Å². The number of anilines is 1. The fourth-order valence-corrected chi connectivity index (χ4v) is 5.04. The second-order valence-corrected chi connectivity index (χ2v) is 10.0. The maximum atomic E-state index is 13.0. The fraction of sp³-hybridized carbons (Fsp3) is 0.148. The van der Waals surface area contributed by atoms with Gasteiger partial charge >= 0.3 is 0 Å². The molecular formula is C27H22BrN3O7S. The van der Waals surface area contributed by atoms with Crippen LogP contribution in [0.1, 0.15) is 18.1 Å². The first-order chi connectivity index (χ1) is 18.7. The Morgan fingerprint density at radius 1 is 1.10 bits per heavy atom. The lowest BCUT2D eigenvalue weighted by atomic mass is 10.1. The monoisotopic (exact) mass is 611 g/mol. The number of amides is 3. The Morgan fingerprint density at radius 3 is 2.49 bits per heavy atom. The Kier molecular flexibility index (Phi) is 8.99. The highest BCUT2D eigenvalue weighted by atomic mass is 79.9. The molecule has 0 unspecified atom stereocenters. The average Bonchev–Trinajstić information content (AvgIpc) is 3.16. The number of carbonyl (C=O) groups is 3. The molecule has 0 spiro atoms. The molecule has 12 heteroatoms. The van der Waals surface area contributed by atoms with Gasteiger partial charge in [-0.2, -0.15) is 0 Å². The van der Waals surface area contributed by atoms with Gasteiger partial charge in [0.25, 0.3) is 22.7 Å². The number of carbonyl (C=O) groups excluding carboxylic acids is 3. The number of halogens is 1. The summed E-state index contributed by atoms with van der Waals surface area (Å²) in [7, 11) is 0. The Bertz CT molecular complexity index is 1450. The third kappa shape index (κ3) is 7.03. The number of hydrogen-bond acceptors (Lipinski definition) is 8. The van der Waals surface area contributed by atoms with E-state index < -0.39 is 16.1 Å². The van der Waals surface area contributed by atoms with Gasteiger partial charge in [0.05, 0.1) is 27.5 Å². The normalized spacial score (nSPS) is 14.0. The van der Waals surface area contributed by atoms with Crippen molar-refractivity contribution in [3.8, 4) is 11.5 Å². The molecule has 1 N–H and O–H groups in total. The van der Waals surface area contributed by atoms with Crippen molar-refractivity contribution in [3.63, 3.8) is 0 Å². The summed E-state index contributed by atoms with van der Waals surface area (Å²) in [5.74, 6) is -0.143. The van der Waals surface area contributed by atoms with Gasteiger partial charge in [-0.3, -0.25) is 29.4 Å². The number of ether oxygens (including phenoxy) is 2. The van der Waals surface area contributed by atoms with Crippen LogP contribution in [0, 0.1) is 10.1 Å². The van der Waals surface area contributed by atoms with Gasteiger partial charge in [0.2, 0.25) is 0 Å². The van der Waals surface area contributed by atoms with Crippen molar-refractivity contribution in [3.05, 3.63) is 97.3 Å². The van der Waals surface area contributed by atoms with Crippen molar-refractivity contribution in [2.24, 2.45) is 0 Å². The van der Waals surface area contributed by atoms with Crippen LogP contribution in [0.5, 0.6) is 11.5 Å². The molecular weight excluding hydrogens is 590 g/mol. The smallest absolute Gasteiger partial charge is 0.293 e. The van der Waals surface area contributed by atoms with E-state index in [1.807, 2.05) is 18.2 Å². The van der Waals surface area contributed by atoms with Gasteiger partial charge in [-0.05, 0) is 76.1 Å². The van der Waals surface area contributed by atoms with Crippen molar-refractivity contribution in [1.82, 2.24) is 4.90 Å². The number of para-hydroxylation sites is 1. The van der Waals surface area contributed by atoms with E-state index in [1.165, 1.54) is 24.3 Å². The van der Waals surface area contributed by atoms with Crippen molar-refractivity contribution in [1.29, 1.82) is 0 Å². The van der Waals surface area contributed by atoms with E-state index in [0.29, 0.717) is 39.4 Å². The molecule has 0 atom stereocenters. The molecule has 39 heavy (non-hydrogen) atoms. The van der Waals surface area contributed by atoms with Gasteiger partial charge in [-0.1, -0.05) is 30.3 Å². The minimum atomic E-state index is -0.517. The molecule has 1 aliphatic heterocycles. The molecule has 1 fully saturated rings. The molecule has 0 aliphatic carbocycles. The lowest BCUT2D eigenvalue weighted by Crippen LogP contribution is -2.27. The Balaban J connectivity index is 1.48. The minimum absolute atomic E-state index is 0.00822. The molecule has 1 saturated heterocycles. The van der Waals surface area contributed by atoms with Gasteiger partial charge < -0.3 is 14.8 Å². The highest BCUT2D eigenvalue weighted by Gasteiger charge is 2.35. The summed E-state index contributed by atoms with van der Waals surface area (Å²) >= 11 is 4.25. The van der Waals surface area contributed by atoms with Crippen LogP contribution in [-0.2, 0) is 16.1 Å². The lowest BCUT2D eigenvalue weighted by Gasteiger charge is -2.15. The van der Waals surface area contributed by atoms with Crippen LogP contribution in [0.15, 0.2) is 76.1 Å². The zero-order valence-corrected chi connectivity index (χ0v) is 23.0. The number of benzene rings is 3. The molecule has 1 heterocycles. The highest BCUT2D eigenvalue weighted by Crippen LogP contribution is 2.39. The number of hydrogen-bond donors (Lipinski definition) is 1. The molecule has 3 aromatic rings. The summed E-state index contributed by atoms with van der Waals surface area (Å²) < 4.78 is 12.0. The number of nitrogens with one attached hydrogen (secondary N) is 1. The van der Waals surface area contributed by atoms with Crippen LogP contribution in [0.4, 0.5) is 16.2 Å². The van der Waals surface area contributed by atoms with Crippen molar-refractivity contribution < 1.29 is 28.8 Å². The van der Waals surface area contributed by atoms with Crippen LogP contribution < -0.4 is 14.8 Å². The first-order valence-electron chi connectivity index (χ1n) is 11.7. The van der Waals surface area contributed by atoms with Crippen LogP contribution in [0.2, 0.25) is 0 Å². The Hall–Kier alpha value is -4.16. The van der Waals surface area contributed by atoms with E-state index in [9.17, 15) is 24.5 Å². The zero-order chi connectivity index (χ0) is 27.9. The van der Waals surface area contributed by atoms with Crippen LogP contribution in [0.3, 0.4) is 0 Å². The molecule has 4 rings (SSSR count). The van der Waals surface area contributed by atoms with Gasteiger partial charge in [-0.25, -0.2) is 0 Å². The molecule has 0 saturated carbocycles. The maximum Gasteiger partial charge on any atom is 0.293 e. The van der Waals surface area contributed by atoms with Crippen LogP contribution in [-0.4, -0.2) is 40.1 Å². The van der Waals surface area contributed by atoms with E-state index >= 15 is 0 Å². The number of imide groups is 1. The number of non-ortho nitro benzene ring substituents is 1. The molecule has 200 valence electrons. The van der Waals surface area contributed by atoms with Gasteiger partial charge in [0.15, 0.2) is 18.1 Å². The largest absolute Gasteiger partial charge is 0.490 e. The van der Waals surface area contributed by atoms with Crippen LogP contribution >= 0.6 is 27.7 Å². The van der Waals surface area contributed by atoms with E-state index in [0.717, 1.165) is 16.7 Å². The average molecular weight is 612 g/mol. The predicted octanol–water partition coefficient (Wildman–Crippen LogP) is 6.01. The quantitative estimate of drug-likeness (QED) is 0.168. The van der Waals surface area contributed by atoms with Gasteiger partial charge in [0, 0.05) is 17.8 Å². The number of rotatable bonds is 10. The van der Waals surface area contributed by atoms with Gasteiger partial charge in [-0.15, -0.1) is 0 Å². The lowest BCUT2D eigenvalue weighted by molar-refractivity contribution is -0.384. The number of nitro benzene ring substituents is 1. The summed E-state index contributed by atoms with van der Waals surface area (Å²) in [6.45, 7) is 1.87. The van der Waals surface area contributed by atoms with E-state index in [1.54, 1.807) is 37.3 Å². The third-order valence-corrected chi connectivity index (χ3v) is 6.89. The zero-order valence-electron chi connectivity index (χ0n) is 20.6. The Labute approximate surface area is 236 Å². The predicted molar refractivity (Wildman–Crippen MR) is 150 cm³/mol. The third-order valence-electron chi connectivity index (χ3n) is 5.40. The summed E-state index contributed by atoms with van der Waals surface area (Å²) in [4.78, 5) is 49.5. The summed E-state index contributed by atoms with van der Waals surface area (Å²) in [5, 5.41) is 13.2. The maximum absolute atomic E-state index is 13.0. The topological polar surface area (TPSA) is 128 Å². The fourth-order valence-electron chi connectivity index (χ4n) is 3.62. The van der Waals surface area contributed by atoms with Crippen molar-refractivity contribution >= 4 is 62.2 Å². The van der Waals surface area contributed by atoms with E-state index in [4.69, 9.17) is 9.47 Å². The summed E-state index contributed by atoms with van der Waals surface area (Å²) in [6.07, 6.45) is 1.57. The Morgan fingerprint density at radius 2 is 1.82 bits per heavy atom. The molecule has 1 aliphatic rings. The first kappa shape index (κ1) is 27.9. The van der Waals surface area contributed by atoms with Crippen LogP contribution in [0.25, 0.3) is 6.08 Å². The molecule has 0 bridgehead atoms. The highest BCUT2D eigenvalue weighted by molar-refractivity contribution is 9.10. The molecule has 0 aromatic heterocycles. The summed E-state index contributed by atoms with van der Waals surface area (Å²) in [6, 6.07) is 18.0.